The Morgan fingerprint density at radius 1 is 1.43 bits per heavy atom. The Hall–Kier alpha value is -2.01. The van der Waals surface area contributed by atoms with Gasteiger partial charge in [-0.2, -0.15) is 4.31 Å². The second-order valence-electron chi connectivity index (χ2n) is 6.44. The van der Waals surface area contributed by atoms with Crippen molar-refractivity contribution in [3.05, 3.63) is 41.2 Å². The lowest BCUT2D eigenvalue weighted by Gasteiger charge is -2.24. The van der Waals surface area contributed by atoms with Crippen molar-refractivity contribution in [2.75, 3.05) is 26.8 Å². The van der Waals surface area contributed by atoms with Gasteiger partial charge in [0.15, 0.2) is 5.69 Å². The average molecular weight is 428 g/mol. The Balaban J connectivity index is 1.70. The molecule has 9 nitrogen and oxygen atoms in total. The Kier molecular flexibility index (Phi) is 6.65. The third-order valence-electron chi connectivity index (χ3n) is 4.49. The van der Waals surface area contributed by atoms with Crippen molar-refractivity contribution in [2.45, 2.75) is 30.3 Å². The van der Waals surface area contributed by atoms with Crippen LogP contribution in [0.2, 0.25) is 5.02 Å². The van der Waals surface area contributed by atoms with Crippen molar-refractivity contribution in [3.8, 4) is 0 Å². The molecule has 1 N–H and O–H groups in total. The van der Waals surface area contributed by atoms with Crippen molar-refractivity contribution in [3.63, 3.8) is 0 Å². The van der Waals surface area contributed by atoms with E-state index < -0.39 is 10.0 Å². The van der Waals surface area contributed by atoms with E-state index in [0.29, 0.717) is 37.7 Å². The van der Waals surface area contributed by atoms with E-state index in [-0.39, 0.29) is 22.5 Å². The Labute approximate surface area is 168 Å². The Bertz CT molecular complexity index is 933. The van der Waals surface area contributed by atoms with Gasteiger partial charge >= 0.3 is 0 Å². The van der Waals surface area contributed by atoms with E-state index in [1.807, 2.05) is 0 Å². The van der Waals surface area contributed by atoms with Crippen LogP contribution in [0.15, 0.2) is 35.4 Å². The van der Waals surface area contributed by atoms with Gasteiger partial charge in [-0.3, -0.25) is 9.48 Å². The fourth-order valence-electron chi connectivity index (χ4n) is 3.14. The molecule has 1 aromatic carbocycles. The van der Waals surface area contributed by atoms with E-state index in [1.165, 1.54) is 27.3 Å². The van der Waals surface area contributed by atoms with Crippen LogP contribution >= 0.6 is 11.6 Å². The molecule has 1 saturated heterocycles. The largest absolute Gasteiger partial charge is 0.383 e. The van der Waals surface area contributed by atoms with Crippen LogP contribution in [0.5, 0.6) is 0 Å². The van der Waals surface area contributed by atoms with Crippen molar-refractivity contribution in [2.24, 2.45) is 0 Å². The monoisotopic (exact) mass is 427 g/mol. The molecule has 1 aliphatic heterocycles. The third-order valence-corrected chi connectivity index (χ3v) is 6.67. The number of hydrogen-bond donors (Lipinski definition) is 1. The van der Waals surface area contributed by atoms with Crippen molar-refractivity contribution in [1.29, 1.82) is 0 Å². The van der Waals surface area contributed by atoms with Gasteiger partial charge < -0.3 is 10.1 Å². The summed E-state index contributed by atoms with van der Waals surface area (Å²) in [7, 11) is -2.11. The molecular formula is C17H22ClN5O4S. The van der Waals surface area contributed by atoms with Gasteiger partial charge in [-0.05, 0) is 31.0 Å². The highest BCUT2D eigenvalue weighted by molar-refractivity contribution is 7.89. The van der Waals surface area contributed by atoms with Gasteiger partial charge in [0.25, 0.3) is 5.91 Å². The molecule has 28 heavy (non-hydrogen) atoms. The second-order valence-corrected chi connectivity index (χ2v) is 8.77. The Morgan fingerprint density at radius 2 is 2.25 bits per heavy atom. The quantitative estimate of drug-likeness (QED) is 0.633. The van der Waals surface area contributed by atoms with Crippen LogP contribution in [0.1, 0.15) is 23.3 Å². The average Bonchev–Trinajstić information content (AvgIpc) is 3.32. The number of hydrogen-bond acceptors (Lipinski definition) is 6. The maximum atomic E-state index is 13.0. The van der Waals surface area contributed by atoms with E-state index in [4.69, 9.17) is 16.3 Å². The molecule has 0 spiro atoms. The predicted octanol–water partition coefficient (Wildman–Crippen LogP) is 1.16. The van der Waals surface area contributed by atoms with Gasteiger partial charge in [0.1, 0.15) is 0 Å². The zero-order valence-electron chi connectivity index (χ0n) is 15.4. The normalized spacial score (nSPS) is 17.7. The minimum Gasteiger partial charge on any atom is -0.383 e. The van der Waals surface area contributed by atoms with E-state index in [1.54, 1.807) is 19.2 Å². The van der Waals surface area contributed by atoms with Gasteiger partial charge in [0.2, 0.25) is 10.0 Å². The van der Waals surface area contributed by atoms with Gasteiger partial charge in [-0.25, -0.2) is 8.42 Å². The highest BCUT2D eigenvalue weighted by Gasteiger charge is 2.35. The number of carbonyl (C=O) groups is 1. The van der Waals surface area contributed by atoms with Crippen LogP contribution in [0.4, 0.5) is 0 Å². The maximum absolute atomic E-state index is 13.0. The minimum atomic E-state index is -3.66. The first kappa shape index (κ1) is 20.7. The first-order valence-corrected chi connectivity index (χ1v) is 10.7. The van der Waals surface area contributed by atoms with Gasteiger partial charge in [0.05, 0.1) is 24.2 Å². The number of benzene rings is 1. The molecule has 1 aromatic heterocycles. The third kappa shape index (κ3) is 4.69. The predicted molar refractivity (Wildman–Crippen MR) is 103 cm³/mol. The summed E-state index contributed by atoms with van der Waals surface area (Å²) in [4.78, 5) is 12.2. The molecule has 3 rings (SSSR count). The number of methoxy groups -OCH3 is 1. The van der Waals surface area contributed by atoms with Crippen LogP contribution < -0.4 is 5.32 Å². The lowest BCUT2D eigenvalue weighted by molar-refractivity contribution is 0.0932. The number of aromatic nitrogens is 3. The number of rotatable bonds is 8. The SMILES string of the molecule is COCCNC(=O)c1cn(CC2CCCN2S(=O)(=O)c2cccc(Cl)c2)nn1. The molecule has 1 amide bonds. The fourth-order valence-corrected chi connectivity index (χ4v) is 5.12. The van der Waals surface area contributed by atoms with E-state index in [9.17, 15) is 13.2 Å². The van der Waals surface area contributed by atoms with Crippen molar-refractivity contribution >= 4 is 27.5 Å². The molecular weight excluding hydrogens is 406 g/mol. The molecule has 1 aliphatic rings. The van der Waals surface area contributed by atoms with Crippen molar-refractivity contribution < 1.29 is 17.9 Å². The molecule has 0 bridgehead atoms. The summed E-state index contributed by atoms with van der Waals surface area (Å²) in [6.07, 6.45) is 2.98. The zero-order chi connectivity index (χ0) is 20.1. The van der Waals surface area contributed by atoms with Crippen LogP contribution in [0.25, 0.3) is 0 Å². The molecule has 2 heterocycles. The summed E-state index contributed by atoms with van der Waals surface area (Å²) in [5.74, 6) is -0.349. The molecule has 0 saturated carbocycles. The first-order valence-electron chi connectivity index (χ1n) is 8.86. The number of halogens is 1. The second kappa shape index (κ2) is 8.99. The van der Waals surface area contributed by atoms with Crippen LogP contribution in [0.3, 0.4) is 0 Å². The van der Waals surface area contributed by atoms with Crippen LogP contribution in [-0.4, -0.2) is 66.5 Å². The van der Waals surface area contributed by atoms with E-state index >= 15 is 0 Å². The molecule has 152 valence electrons. The highest BCUT2D eigenvalue weighted by atomic mass is 35.5. The Morgan fingerprint density at radius 3 is 3.00 bits per heavy atom. The molecule has 0 aliphatic carbocycles. The summed E-state index contributed by atoms with van der Waals surface area (Å²) < 4.78 is 33.8. The van der Waals surface area contributed by atoms with Gasteiger partial charge in [0, 0.05) is 31.3 Å². The summed E-state index contributed by atoms with van der Waals surface area (Å²) in [5.41, 5.74) is 0.179. The highest BCUT2D eigenvalue weighted by Crippen LogP contribution is 2.28. The summed E-state index contributed by atoms with van der Waals surface area (Å²) in [6, 6.07) is 5.97. The molecule has 1 atom stereocenters. The number of nitrogens with one attached hydrogen (secondary N) is 1. The molecule has 0 radical (unpaired) electrons. The van der Waals surface area contributed by atoms with E-state index in [0.717, 1.165) is 6.42 Å². The first-order chi connectivity index (χ1) is 13.4. The summed E-state index contributed by atoms with van der Waals surface area (Å²) >= 11 is 5.95. The number of nitrogens with zero attached hydrogens (tertiary/aromatic N) is 4. The summed E-state index contributed by atoms with van der Waals surface area (Å²) in [5, 5.41) is 10.9. The van der Waals surface area contributed by atoms with Crippen molar-refractivity contribution in [1.82, 2.24) is 24.6 Å². The smallest absolute Gasteiger partial charge is 0.273 e. The number of ether oxygens (including phenoxy) is 1. The summed E-state index contributed by atoms with van der Waals surface area (Å²) in [6.45, 7) is 1.52. The molecule has 11 heteroatoms. The molecule has 2 aromatic rings. The lowest BCUT2D eigenvalue weighted by Crippen LogP contribution is -2.38. The zero-order valence-corrected chi connectivity index (χ0v) is 17.0. The van der Waals surface area contributed by atoms with Crippen LogP contribution in [0, 0.1) is 0 Å². The van der Waals surface area contributed by atoms with Crippen LogP contribution in [-0.2, 0) is 21.3 Å². The standard InChI is InChI=1S/C17H22ClN5O4S/c1-27-9-7-19-17(24)16-12-22(21-20-16)11-14-5-3-8-23(14)28(25,26)15-6-2-4-13(18)10-15/h2,4,6,10,12,14H,3,5,7-9,11H2,1H3,(H,19,24). The number of carbonyl (C=O) groups excluding carboxylic acids is 1. The van der Waals surface area contributed by atoms with Gasteiger partial charge in [-0.1, -0.05) is 22.9 Å². The van der Waals surface area contributed by atoms with E-state index in [2.05, 4.69) is 15.6 Å². The maximum Gasteiger partial charge on any atom is 0.273 e. The number of amides is 1. The molecule has 1 fully saturated rings. The fraction of sp³-hybridized carbons (Fsp3) is 0.471. The topological polar surface area (TPSA) is 106 Å². The lowest BCUT2D eigenvalue weighted by atomic mass is 10.2. The molecule has 1 unspecified atom stereocenters. The number of sulfonamides is 1. The van der Waals surface area contributed by atoms with Gasteiger partial charge in [-0.15, -0.1) is 5.10 Å². The minimum absolute atomic E-state index is 0.170.